The first-order valence-electron chi connectivity index (χ1n) is 10.1. The van der Waals surface area contributed by atoms with Gasteiger partial charge in [0.2, 0.25) is 5.91 Å². The van der Waals surface area contributed by atoms with Crippen LogP contribution in [0.3, 0.4) is 0 Å². The van der Waals surface area contributed by atoms with Gasteiger partial charge in [0.1, 0.15) is 5.75 Å². The number of anilines is 1. The van der Waals surface area contributed by atoms with Crippen LogP contribution in [0.1, 0.15) is 31.2 Å². The highest BCUT2D eigenvalue weighted by Crippen LogP contribution is 2.35. The van der Waals surface area contributed by atoms with Crippen molar-refractivity contribution < 1.29 is 9.53 Å². The first kappa shape index (κ1) is 21.0. The first-order valence-corrected chi connectivity index (χ1v) is 10.9. The number of carbonyl (C=O) groups is 1. The summed E-state index contributed by atoms with van der Waals surface area (Å²) in [4.78, 5) is 18.3. The van der Waals surface area contributed by atoms with Crippen molar-refractivity contribution in [2.75, 3.05) is 25.5 Å². The van der Waals surface area contributed by atoms with E-state index in [4.69, 9.17) is 27.9 Å². The van der Waals surface area contributed by atoms with Gasteiger partial charge < -0.3 is 15.0 Å². The highest BCUT2D eigenvalue weighted by molar-refractivity contribution is 6.44. The number of benzene rings is 2. The molecule has 158 valence electrons. The van der Waals surface area contributed by atoms with E-state index in [9.17, 15) is 4.79 Å². The van der Waals surface area contributed by atoms with Gasteiger partial charge in [-0.1, -0.05) is 29.3 Å². The van der Waals surface area contributed by atoms with E-state index in [0.717, 1.165) is 37.2 Å². The van der Waals surface area contributed by atoms with Gasteiger partial charge in [0, 0.05) is 17.1 Å². The second-order valence-electron chi connectivity index (χ2n) is 7.73. The Morgan fingerprint density at radius 2 is 2.00 bits per heavy atom. The smallest absolute Gasteiger partial charge is 0.241 e. The van der Waals surface area contributed by atoms with Gasteiger partial charge in [-0.25, -0.2) is 0 Å². The Morgan fingerprint density at radius 3 is 2.73 bits per heavy atom. The van der Waals surface area contributed by atoms with Crippen LogP contribution >= 0.6 is 23.2 Å². The number of H-pyrrole nitrogens is 1. The van der Waals surface area contributed by atoms with Gasteiger partial charge in [0.25, 0.3) is 0 Å². The minimum atomic E-state index is -0.246. The van der Waals surface area contributed by atoms with Crippen molar-refractivity contribution in [3.8, 4) is 5.75 Å². The first-order chi connectivity index (χ1) is 14.5. The molecule has 1 atom stereocenters. The lowest BCUT2D eigenvalue weighted by molar-refractivity contribution is -0.121. The summed E-state index contributed by atoms with van der Waals surface area (Å²) in [5.74, 6) is 1.25. The van der Waals surface area contributed by atoms with Crippen LogP contribution in [0.2, 0.25) is 10.0 Å². The quantitative estimate of drug-likeness (QED) is 0.530. The number of rotatable bonds is 5. The van der Waals surface area contributed by atoms with Gasteiger partial charge in [-0.3, -0.25) is 9.69 Å². The van der Waals surface area contributed by atoms with Crippen molar-refractivity contribution in [3.05, 3.63) is 58.2 Å². The number of amides is 1. The summed E-state index contributed by atoms with van der Waals surface area (Å²) in [6.45, 7) is 3.66. The molecule has 4 rings (SSSR count). The molecular formula is C23H25Cl2N3O2. The standard InChI is InChI=1S/C23H25Cl2N3O2/c1-14(23(29)27-21-5-3-4-19(24)22(21)25)28-10-8-15(9-11-28)18-13-26-20-7-6-16(30-2)12-17(18)20/h3-7,12-15,26H,8-11H2,1-2H3,(H,27,29). The highest BCUT2D eigenvalue weighted by atomic mass is 35.5. The molecule has 3 aromatic rings. The van der Waals surface area contributed by atoms with Gasteiger partial charge in [-0.2, -0.15) is 0 Å². The summed E-state index contributed by atoms with van der Waals surface area (Å²) in [6, 6.07) is 11.1. The lowest BCUT2D eigenvalue weighted by atomic mass is 9.88. The third kappa shape index (κ3) is 4.15. The zero-order valence-corrected chi connectivity index (χ0v) is 18.6. The van der Waals surface area contributed by atoms with E-state index in [1.165, 1.54) is 10.9 Å². The second kappa shape index (κ2) is 8.88. The Labute approximate surface area is 186 Å². The Balaban J connectivity index is 1.40. The molecule has 0 spiro atoms. The molecule has 2 N–H and O–H groups in total. The second-order valence-corrected chi connectivity index (χ2v) is 8.52. The lowest BCUT2D eigenvalue weighted by Gasteiger charge is -2.35. The van der Waals surface area contributed by atoms with E-state index < -0.39 is 0 Å². The Hall–Kier alpha value is -2.21. The zero-order chi connectivity index (χ0) is 21.3. The van der Waals surface area contributed by atoms with E-state index >= 15 is 0 Å². The fourth-order valence-electron chi connectivity index (χ4n) is 4.19. The van der Waals surface area contributed by atoms with Crippen molar-refractivity contribution in [2.45, 2.75) is 31.7 Å². The Morgan fingerprint density at radius 1 is 1.23 bits per heavy atom. The summed E-state index contributed by atoms with van der Waals surface area (Å²) in [6.07, 6.45) is 4.11. The largest absolute Gasteiger partial charge is 0.497 e. The van der Waals surface area contributed by atoms with Gasteiger partial charge >= 0.3 is 0 Å². The minimum absolute atomic E-state index is 0.0746. The number of nitrogens with zero attached hydrogens (tertiary/aromatic N) is 1. The van der Waals surface area contributed by atoms with E-state index in [1.807, 2.05) is 13.0 Å². The summed E-state index contributed by atoms with van der Waals surface area (Å²) in [5, 5.41) is 4.92. The Kier molecular flexibility index (Phi) is 6.23. The summed E-state index contributed by atoms with van der Waals surface area (Å²) in [5.41, 5.74) is 2.99. The average Bonchev–Trinajstić information content (AvgIpc) is 3.19. The van der Waals surface area contributed by atoms with E-state index in [2.05, 4.69) is 33.5 Å². The van der Waals surface area contributed by atoms with Gasteiger partial charge in [-0.05, 0) is 74.7 Å². The number of hydrogen-bond donors (Lipinski definition) is 2. The summed E-state index contributed by atoms with van der Waals surface area (Å²) >= 11 is 12.2. The van der Waals surface area contributed by atoms with Crippen molar-refractivity contribution in [1.29, 1.82) is 0 Å². The minimum Gasteiger partial charge on any atom is -0.497 e. The van der Waals surface area contributed by atoms with Gasteiger partial charge in [0.15, 0.2) is 0 Å². The van der Waals surface area contributed by atoms with Crippen LogP contribution in [0.15, 0.2) is 42.6 Å². The van der Waals surface area contributed by atoms with Crippen LogP contribution in [-0.2, 0) is 4.79 Å². The molecule has 1 aliphatic heterocycles. The van der Waals surface area contributed by atoms with Crippen molar-refractivity contribution in [2.24, 2.45) is 0 Å². The molecule has 1 aliphatic rings. The van der Waals surface area contributed by atoms with Crippen molar-refractivity contribution >= 4 is 45.7 Å². The van der Waals surface area contributed by atoms with Crippen LogP contribution in [0.4, 0.5) is 5.69 Å². The molecule has 7 heteroatoms. The fraction of sp³-hybridized carbons (Fsp3) is 0.348. The van der Waals surface area contributed by atoms with E-state index in [0.29, 0.717) is 21.7 Å². The summed E-state index contributed by atoms with van der Waals surface area (Å²) in [7, 11) is 1.69. The number of ether oxygens (including phenoxy) is 1. The normalized spacial score (nSPS) is 16.5. The predicted octanol–water partition coefficient (Wildman–Crippen LogP) is 5.69. The van der Waals surface area contributed by atoms with Crippen LogP contribution in [0.5, 0.6) is 5.75 Å². The molecule has 5 nitrogen and oxygen atoms in total. The van der Waals surface area contributed by atoms with Gasteiger partial charge in [0.05, 0.1) is 28.9 Å². The van der Waals surface area contributed by atoms with E-state index in [1.54, 1.807) is 25.3 Å². The van der Waals surface area contributed by atoms with E-state index in [-0.39, 0.29) is 11.9 Å². The topological polar surface area (TPSA) is 57.4 Å². The molecule has 1 fully saturated rings. The Bertz CT molecular complexity index is 1060. The number of methoxy groups -OCH3 is 1. The highest BCUT2D eigenvalue weighted by Gasteiger charge is 2.28. The maximum atomic E-state index is 12.8. The van der Waals surface area contributed by atoms with Crippen molar-refractivity contribution in [3.63, 3.8) is 0 Å². The molecule has 1 saturated heterocycles. The number of nitrogens with one attached hydrogen (secondary N) is 2. The van der Waals surface area contributed by atoms with Crippen molar-refractivity contribution in [1.82, 2.24) is 9.88 Å². The molecule has 2 heterocycles. The molecule has 0 saturated carbocycles. The number of hydrogen-bond acceptors (Lipinski definition) is 3. The number of halogens is 2. The summed E-state index contributed by atoms with van der Waals surface area (Å²) < 4.78 is 5.39. The molecule has 30 heavy (non-hydrogen) atoms. The zero-order valence-electron chi connectivity index (χ0n) is 17.0. The van der Waals surface area contributed by atoms with Gasteiger partial charge in [-0.15, -0.1) is 0 Å². The number of piperidine rings is 1. The average molecular weight is 446 g/mol. The van der Waals surface area contributed by atoms with Crippen LogP contribution in [-0.4, -0.2) is 42.0 Å². The monoisotopic (exact) mass is 445 g/mol. The lowest BCUT2D eigenvalue weighted by Crippen LogP contribution is -2.45. The molecular weight excluding hydrogens is 421 g/mol. The molecule has 1 amide bonds. The third-order valence-corrected chi connectivity index (χ3v) is 6.85. The fourth-order valence-corrected chi connectivity index (χ4v) is 4.53. The maximum Gasteiger partial charge on any atom is 0.241 e. The van der Waals surface area contributed by atoms with Crippen LogP contribution in [0.25, 0.3) is 10.9 Å². The number of likely N-dealkylation sites (tertiary alicyclic amines) is 1. The number of aromatic nitrogens is 1. The molecule has 1 aromatic heterocycles. The maximum absolute atomic E-state index is 12.8. The molecule has 0 radical (unpaired) electrons. The number of aromatic amines is 1. The third-order valence-electron chi connectivity index (χ3n) is 6.03. The molecule has 1 unspecified atom stereocenters. The number of fused-ring (bicyclic) bond motifs is 1. The van der Waals surface area contributed by atoms with Crippen LogP contribution in [0, 0.1) is 0 Å². The predicted molar refractivity (Wildman–Crippen MR) is 123 cm³/mol. The molecule has 2 aromatic carbocycles. The van der Waals surface area contributed by atoms with Crippen LogP contribution < -0.4 is 10.1 Å². The molecule has 0 bridgehead atoms. The number of carbonyl (C=O) groups excluding carboxylic acids is 1. The molecule has 0 aliphatic carbocycles. The SMILES string of the molecule is COc1ccc2[nH]cc(C3CCN(C(C)C(=O)Nc4cccc(Cl)c4Cl)CC3)c2c1.